The Morgan fingerprint density at radius 1 is 1.26 bits per heavy atom. The van der Waals surface area contributed by atoms with E-state index in [-0.39, 0.29) is 10.6 Å². The van der Waals surface area contributed by atoms with E-state index in [0.29, 0.717) is 0 Å². The van der Waals surface area contributed by atoms with E-state index in [1.54, 1.807) is 23.9 Å². The number of nitrogens with zero attached hydrogens (tertiary/aromatic N) is 3. The Morgan fingerprint density at radius 2 is 2.04 bits per heavy atom. The molecule has 0 atom stereocenters. The zero-order valence-electron chi connectivity index (χ0n) is 12.8. The summed E-state index contributed by atoms with van der Waals surface area (Å²) in [5.41, 5.74) is 2.96. The lowest BCUT2D eigenvalue weighted by atomic mass is 10.2. The Balaban J connectivity index is 1.82. The van der Waals surface area contributed by atoms with Crippen molar-refractivity contribution >= 4 is 28.3 Å². The molecule has 0 saturated carbocycles. The van der Waals surface area contributed by atoms with Gasteiger partial charge in [0, 0.05) is 31.0 Å². The minimum absolute atomic E-state index is 0.103. The molecule has 3 rings (SSSR count). The topological polar surface area (TPSA) is 58.7 Å². The molecule has 1 saturated heterocycles. The third kappa shape index (κ3) is 3.71. The van der Waals surface area contributed by atoms with Crippen LogP contribution in [-0.4, -0.2) is 27.3 Å². The number of non-ortho nitro benzene ring substituents is 1. The highest BCUT2D eigenvalue weighted by molar-refractivity contribution is 8.14. The SMILES string of the molecule is Cc1cc([N+](=O)[O-])ccc1/N=C1\SCCN1Cc1ccccc1. The number of aliphatic imine (C=N–C) groups is 1. The van der Waals surface area contributed by atoms with Crippen LogP contribution in [0.3, 0.4) is 0 Å². The molecule has 23 heavy (non-hydrogen) atoms. The Labute approximate surface area is 139 Å². The maximum Gasteiger partial charge on any atom is 0.269 e. The van der Waals surface area contributed by atoms with Gasteiger partial charge in [-0.3, -0.25) is 10.1 Å². The fourth-order valence-electron chi connectivity index (χ4n) is 2.47. The predicted octanol–water partition coefficient (Wildman–Crippen LogP) is 4.14. The number of aryl methyl sites for hydroxylation is 1. The molecule has 1 heterocycles. The summed E-state index contributed by atoms with van der Waals surface area (Å²) in [5.74, 6) is 1.01. The van der Waals surface area contributed by atoms with Gasteiger partial charge in [0.05, 0.1) is 10.6 Å². The van der Waals surface area contributed by atoms with Crippen LogP contribution in [0.4, 0.5) is 11.4 Å². The highest BCUT2D eigenvalue weighted by Gasteiger charge is 2.20. The van der Waals surface area contributed by atoms with Crippen molar-refractivity contribution in [1.29, 1.82) is 0 Å². The maximum absolute atomic E-state index is 10.8. The lowest BCUT2D eigenvalue weighted by Crippen LogP contribution is -2.23. The standard InChI is InChI=1S/C17H17N3O2S/c1-13-11-15(20(21)22)7-8-16(13)18-17-19(9-10-23-17)12-14-5-3-2-4-6-14/h2-8,11H,9-10,12H2,1H3/b18-17-. The van der Waals surface area contributed by atoms with Gasteiger partial charge in [0.25, 0.3) is 5.69 Å². The Kier molecular flexibility index (Phi) is 4.62. The van der Waals surface area contributed by atoms with Crippen LogP contribution in [0, 0.1) is 17.0 Å². The van der Waals surface area contributed by atoms with Crippen molar-refractivity contribution in [3.05, 3.63) is 69.8 Å². The number of hydrogen-bond acceptors (Lipinski definition) is 4. The first-order valence-corrected chi connectivity index (χ1v) is 8.37. The van der Waals surface area contributed by atoms with Crippen LogP contribution in [0.5, 0.6) is 0 Å². The smallest absolute Gasteiger partial charge is 0.269 e. The highest BCUT2D eigenvalue weighted by atomic mass is 32.2. The van der Waals surface area contributed by atoms with Gasteiger partial charge in [-0.15, -0.1) is 0 Å². The second-order valence-electron chi connectivity index (χ2n) is 5.38. The Hall–Kier alpha value is -2.34. The van der Waals surface area contributed by atoms with E-state index >= 15 is 0 Å². The molecule has 0 spiro atoms. The van der Waals surface area contributed by atoms with Crippen LogP contribution in [0.2, 0.25) is 0 Å². The zero-order chi connectivity index (χ0) is 16.2. The van der Waals surface area contributed by atoms with Crippen LogP contribution in [-0.2, 0) is 6.54 Å². The second kappa shape index (κ2) is 6.83. The number of amidine groups is 1. The molecule has 0 aromatic heterocycles. The van der Waals surface area contributed by atoms with Gasteiger partial charge in [-0.2, -0.15) is 0 Å². The summed E-state index contributed by atoms with van der Waals surface area (Å²) in [6.45, 7) is 3.65. The van der Waals surface area contributed by atoms with Crippen molar-refractivity contribution in [2.75, 3.05) is 12.3 Å². The van der Waals surface area contributed by atoms with Crippen LogP contribution < -0.4 is 0 Å². The molecule has 0 radical (unpaired) electrons. The van der Waals surface area contributed by atoms with Crippen molar-refractivity contribution in [3.8, 4) is 0 Å². The van der Waals surface area contributed by atoms with Crippen molar-refractivity contribution in [2.45, 2.75) is 13.5 Å². The molecule has 6 heteroatoms. The van der Waals surface area contributed by atoms with Gasteiger partial charge in [-0.1, -0.05) is 42.1 Å². The van der Waals surface area contributed by atoms with Gasteiger partial charge in [0.1, 0.15) is 0 Å². The average Bonchev–Trinajstić information content (AvgIpc) is 2.97. The lowest BCUT2D eigenvalue weighted by Gasteiger charge is -2.18. The summed E-state index contributed by atoms with van der Waals surface area (Å²) in [6, 6.07) is 15.1. The van der Waals surface area contributed by atoms with Crippen LogP contribution >= 0.6 is 11.8 Å². The third-order valence-electron chi connectivity index (χ3n) is 3.69. The minimum atomic E-state index is -0.379. The van der Waals surface area contributed by atoms with E-state index in [2.05, 4.69) is 17.0 Å². The monoisotopic (exact) mass is 327 g/mol. The highest BCUT2D eigenvalue weighted by Crippen LogP contribution is 2.28. The summed E-state index contributed by atoms with van der Waals surface area (Å²) in [6.07, 6.45) is 0. The summed E-state index contributed by atoms with van der Waals surface area (Å²) in [4.78, 5) is 17.4. The lowest BCUT2D eigenvalue weighted by molar-refractivity contribution is -0.384. The Bertz CT molecular complexity index is 747. The fraction of sp³-hybridized carbons (Fsp3) is 0.235. The van der Waals surface area contributed by atoms with Crippen molar-refractivity contribution in [3.63, 3.8) is 0 Å². The molecule has 0 aliphatic carbocycles. The van der Waals surface area contributed by atoms with Gasteiger partial charge in [0.15, 0.2) is 5.17 Å². The summed E-state index contributed by atoms with van der Waals surface area (Å²) in [5, 5.41) is 11.8. The summed E-state index contributed by atoms with van der Waals surface area (Å²) >= 11 is 1.73. The molecule has 0 unspecified atom stereocenters. The van der Waals surface area contributed by atoms with Gasteiger partial charge in [-0.25, -0.2) is 4.99 Å². The Morgan fingerprint density at radius 3 is 2.74 bits per heavy atom. The van der Waals surface area contributed by atoms with E-state index in [1.807, 2.05) is 25.1 Å². The van der Waals surface area contributed by atoms with E-state index in [4.69, 9.17) is 4.99 Å². The first kappa shape index (κ1) is 15.6. The molecule has 0 N–H and O–H groups in total. The number of rotatable bonds is 4. The largest absolute Gasteiger partial charge is 0.346 e. The van der Waals surface area contributed by atoms with Crippen LogP contribution in [0.25, 0.3) is 0 Å². The second-order valence-corrected chi connectivity index (χ2v) is 6.44. The molecule has 2 aromatic rings. The van der Waals surface area contributed by atoms with E-state index in [1.165, 1.54) is 11.6 Å². The summed E-state index contributed by atoms with van der Waals surface area (Å²) in [7, 11) is 0. The van der Waals surface area contributed by atoms with E-state index in [9.17, 15) is 10.1 Å². The fourth-order valence-corrected chi connectivity index (χ4v) is 3.46. The molecule has 2 aromatic carbocycles. The molecule has 5 nitrogen and oxygen atoms in total. The quantitative estimate of drug-likeness (QED) is 0.625. The van der Waals surface area contributed by atoms with Crippen molar-refractivity contribution in [2.24, 2.45) is 4.99 Å². The third-order valence-corrected chi connectivity index (χ3v) is 4.68. The molecule has 0 amide bonds. The average molecular weight is 327 g/mol. The van der Waals surface area contributed by atoms with E-state index in [0.717, 1.165) is 35.3 Å². The van der Waals surface area contributed by atoms with Gasteiger partial charge >= 0.3 is 0 Å². The summed E-state index contributed by atoms with van der Waals surface area (Å²) < 4.78 is 0. The number of hydrogen-bond donors (Lipinski definition) is 0. The normalized spacial score (nSPS) is 16.0. The molecule has 1 fully saturated rings. The van der Waals surface area contributed by atoms with Crippen molar-refractivity contribution in [1.82, 2.24) is 4.90 Å². The predicted molar refractivity (Wildman–Crippen MR) is 94.2 cm³/mol. The zero-order valence-corrected chi connectivity index (χ0v) is 13.6. The van der Waals surface area contributed by atoms with Crippen LogP contribution in [0.1, 0.15) is 11.1 Å². The molecule has 1 aliphatic heterocycles. The van der Waals surface area contributed by atoms with E-state index < -0.39 is 0 Å². The van der Waals surface area contributed by atoms with Crippen LogP contribution in [0.15, 0.2) is 53.5 Å². The van der Waals surface area contributed by atoms with Gasteiger partial charge in [0.2, 0.25) is 0 Å². The number of thioether (sulfide) groups is 1. The maximum atomic E-state index is 10.8. The van der Waals surface area contributed by atoms with Gasteiger partial charge in [-0.05, 0) is 24.1 Å². The minimum Gasteiger partial charge on any atom is -0.346 e. The molecular weight excluding hydrogens is 310 g/mol. The molecule has 0 bridgehead atoms. The number of benzene rings is 2. The first-order valence-electron chi connectivity index (χ1n) is 7.39. The van der Waals surface area contributed by atoms with Crippen molar-refractivity contribution < 1.29 is 4.92 Å². The molecular formula is C17H17N3O2S. The molecule has 1 aliphatic rings. The number of nitro benzene ring substituents is 1. The first-order chi connectivity index (χ1) is 11.1. The number of nitro groups is 1. The molecule has 118 valence electrons. The van der Waals surface area contributed by atoms with Gasteiger partial charge < -0.3 is 4.90 Å².